The van der Waals surface area contributed by atoms with E-state index in [9.17, 15) is 9.90 Å². The van der Waals surface area contributed by atoms with E-state index in [1.165, 1.54) is 11.1 Å². The van der Waals surface area contributed by atoms with Crippen LogP contribution in [0.1, 0.15) is 43.7 Å². The molecule has 0 bridgehead atoms. The number of aliphatic hydroxyl groups is 1. The second kappa shape index (κ2) is 8.18. The Balaban J connectivity index is 1.74. The van der Waals surface area contributed by atoms with Crippen molar-refractivity contribution in [3.8, 4) is 0 Å². The van der Waals surface area contributed by atoms with Crippen molar-refractivity contribution >= 4 is 6.03 Å². The number of aryl methyl sites for hydroxylation is 1. The van der Waals surface area contributed by atoms with Crippen molar-refractivity contribution in [2.45, 2.75) is 58.1 Å². The summed E-state index contributed by atoms with van der Waals surface area (Å²) in [6, 6.07) is 8.51. The molecule has 1 aliphatic carbocycles. The molecule has 1 saturated carbocycles. The summed E-state index contributed by atoms with van der Waals surface area (Å²) in [4.78, 5) is 12.0. The Hall–Kier alpha value is -1.55. The third-order valence-corrected chi connectivity index (χ3v) is 4.50. The molecule has 0 aliphatic heterocycles. The van der Waals surface area contributed by atoms with Gasteiger partial charge in [-0.25, -0.2) is 4.79 Å². The van der Waals surface area contributed by atoms with Gasteiger partial charge in [-0.1, -0.05) is 36.8 Å². The molecule has 2 amide bonds. The van der Waals surface area contributed by atoms with Crippen molar-refractivity contribution in [1.29, 1.82) is 0 Å². The van der Waals surface area contributed by atoms with E-state index in [4.69, 9.17) is 0 Å². The number of amides is 2. The number of benzene rings is 1. The topological polar surface area (TPSA) is 61.4 Å². The van der Waals surface area contributed by atoms with Crippen molar-refractivity contribution in [2.24, 2.45) is 5.92 Å². The molecule has 1 fully saturated rings. The molecule has 2 rings (SSSR count). The van der Waals surface area contributed by atoms with Crippen LogP contribution in [0.4, 0.5) is 4.79 Å². The normalized spacial score (nSPS) is 22.3. The highest BCUT2D eigenvalue weighted by Crippen LogP contribution is 2.24. The molecule has 4 heteroatoms. The number of nitrogens with one attached hydrogen (secondary N) is 2. The summed E-state index contributed by atoms with van der Waals surface area (Å²) in [6.07, 6.45) is 4.25. The number of carbonyl (C=O) groups excluding carboxylic acids is 1. The Morgan fingerprint density at radius 1 is 1.32 bits per heavy atom. The lowest BCUT2D eigenvalue weighted by Gasteiger charge is -2.19. The maximum Gasteiger partial charge on any atom is 0.315 e. The van der Waals surface area contributed by atoms with Gasteiger partial charge in [-0.05, 0) is 50.5 Å². The van der Waals surface area contributed by atoms with Crippen molar-refractivity contribution in [3.63, 3.8) is 0 Å². The molecule has 0 saturated heterocycles. The first-order chi connectivity index (χ1) is 10.6. The van der Waals surface area contributed by atoms with Crippen molar-refractivity contribution < 1.29 is 9.90 Å². The van der Waals surface area contributed by atoms with Gasteiger partial charge in [-0.2, -0.15) is 0 Å². The predicted molar refractivity (Wildman–Crippen MR) is 88.8 cm³/mol. The van der Waals surface area contributed by atoms with Gasteiger partial charge in [-0.3, -0.25) is 0 Å². The zero-order valence-corrected chi connectivity index (χ0v) is 13.6. The van der Waals surface area contributed by atoms with Crippen LogP contribution in [0, 0.1) is 12.8 Å². The summed E-state index contributed by atoms with van der Waals surface area (Å²) in [5.41, 5.74) is 2.50. The van der Waals surface area contributed by atoms with E-state index in [0.29, 0.717) is 12.5 Å². The lowest BCUT2D eigenvalue weighted by Crippen LogP contribution is -2.44. The Morgan fingerprint density at radius 3 is 2.64 bits per heavy atom. The van der Waals surface area contributed by atoms with Crippen LogP contribution in [0.15, 0.2) is 24.3 Å². The third-order valence-electron chi connectivity index (χ3n) is 4.50. The molecule has 3 unspecified atom stereocenters. The fourth-order valence-corrected chi connectivity index (χ4v) is 3.01. The van der Waals surface area contributed by atoms with Crippen LogP contribution < -0.4 is 10.6 Å². The highest BCUT2D eigenvalue weighted by molar-refractivity contribution is 5.74. The summed E-state index contributed by atoms with van der Waals surface area (Å²) in [5.74, 6) is 0.415. The van der Waals surface area contributed by atoms with Crippen LogP contribution in [-0.2, 0) is 6.42 Å². The molecular weight excluding hydrogens is 276 g/mol. The molecule has 3 atom stereocenters. The van der Waals surface area contributed by atoms with Crippen LogP contribution in [0.3, 0.4) is 0 Å². The van der Waals surface area contributed by atoms with Gasteiger partial charge >= 0.3 is 6.03 Å². The van der Waals surface area contributed by atoms with Gasteiger partial charge in [0.15, 0.2) is 0 Å². The molecule has 4 nitrogen and oxygen atoms in total. The second-order valence-electron chi connectivity index (χ2n) is 6.48. The summed E-state index contributed by atoms with van der Waals surface area (Å²) in [6.45, 7) is 4.82. The Bertz CT molecular complexity index is 472. The van der Waals surface area contributed by atoms with E-state index in [0.717, 1.165) is 32.1 Å². The molecule has 1 aromatic carbocycles. The van der Waals surface area contributed by atoms with Gasteiger partial charge in [0.2, 0.25) is 0 Å². The van der Waals surface area contributed by atoms with E-state index in [1.807, 2.05) is 0 Å². The first kappa shape index (κ1) is 16.8. The Kier molecular flexibility index (Phi) is 6.25. The van der Waals surface area contributed by atoms with Gasteiger partial charge in [0, 0.05) is 12.6 Å². The van der Waals surface area contributed by atoms with Gasteiger partial charge < -0.3 is 15.7 Å². The van der Waals surface area contributed by atoms with Crippen molar-refractivity contribution in [3.05, 3.63) is 35.4 Å². The largest absolute Gasteiger partial charge is 0.393 e. The van der Waals surface area contributed by atoms with Crippen molar-refractivity contribution in [2.75, 3.05) is 6.54 Å². The summed E-state index contributed by atoms with van der Waals surface area (Å²) < 4.78 is 0. The quantitative estimate of drug-likeness (QED) is 0.757. The average molecular weight is 304 g/mol. The van der Waals surface area contributed by atoms with E-state index in [1.54, 1.807) is 0 Å². The van der Waals surface area contributed by atoms with Gasteiger partial charge in [0.1, 0.15) is 0 Å². The first-order valence-electron chi connectivity index (χ1n) is 8.34. The maximum absolute atomic E-state index is 12.0. The number of carbonyl (C=O) groups is 1. The third kappa shape index (κ3) is 5.34. The minimum atomic E-state index is -0.181. The van der Waals surface area contributed by atoms with E-state index < -0.39 is 0 Å². The average Bonchev–Trinajstić information content (AvgIpc) is 2.92. The van der Waals surface area contributed by atoms with Crippen molar-refractivity contribution in [1.82, 2.24) is 10.6 Å². The van der Waals surface area contributed by atoms with E-state index >= 15 is 0 Å². The van der Waals surface area contributed by atoms with Crippen LogP contribution in [-0.4, -0.2) is 29.8 Å². The number of hydrogen-bond acceptors (Lipinski definition) is 2. The van der Waals surface area contributed by atoms with E-state index in [-0.39, 0.29) is 18.2 Å². The molecular formula is C18H28N2O2. The summed E-state index contributed by atoms with van der Waals surface area (Å²) in [7, 11) is 0. The standard InChI is InChI=1S/C18H28N2O2/c1-3-16(10-14-6-4-13(2)5-7-14)20-18(22)19-12-15-8-9-17(21)11-15/h4-7,15-17,21H,3,8-12H2,1-2H3,(H2,19,20,22). The van der Waals surface area contributed by atoms with Gasteiger partial charge in [-0.15, -0.1) is 0 Å². The minimum absolute atomic E-state index is 0.0969. The molecule has 122 valence electrons. The highest BCUT2D eigenvalue weighted by atomic mass is 16.3. The second-order valence-corrected chi connectivity index (χ2v) is 6.48. The fraction of sp³-hybridized carbons (Fsp3) is 0.611. The molecule has 22 heavy (non-hydrogen) atoms. The molecule has 0 aromatic heterocycles. The summed E-state index contributed by atoms with van der Waals surface area (Å²) >= 11 is 0. The molecule has 0 heterocycles. The van der Waals surface area contributed by atoms with Crippen LogP contribution in [0.2, 0.25) is 0 Å². The van der Waals surface area contributed by atoms with Gasteiger partial charge in [0.05, 0.1) is 6.10 Å². The predicted octanol–water partition coefficient (Wildman–Crippen LogP) is 2.78. The summed E-state index contributed by atoms with van der Waals surface area (Å²) in [5, 5.41) is 15.5. The lowest BCUT2D eigenvalue weighted by molar-refractivity contribution is 0.177. The van der Waals surface area contributed by atoms with Crippen LogP contribution in [0.5, 0.6) is 0 Å². The first-order valence-corrected chi connectivity index (χ1v) is 8.34. The zero-order chi connectivity index (χ0) is 15.9. The molecule has 1 aromatic rings. The Labute approximate surface area is 133 Å². The SMILES string of the molecule is CCC(Cc1ccc(C)cc1)NC(=O)NCC1CCC(O)C1. The van der Waals surface area contributed by atoms with Crippen LogP contribution in [0.25, 0.3) is 0 Å². The highest BCUT2D eigenvalue weighted by Gasteiger charge is 2.23. The lowest BCUT2D eigenvalue weighted by atomic mass is 10.0. The fourth-order valence-electron chi connectivity index (χ4n) is 3.01. The molecule has 0 spiro atoms. The zero-order valence-electron chi connectivity index (χ0n) is 13.6. The maximum atomic E-state index is 12.0. The number of rotatable bonds is 6. The minimum Gasteiger partial charge on any atom is -0.393 e. The molecule has 1 aliphatic rings. The smallest absolute Gasteiger partial charge is 0.315 e. The van der Waals surface area contributed by atoms with Gasteiger partial charge in [0.25, 0.3) is 0 Å². The molecule has 3 N–H and O–H groups in total. The Morgan fingerprint density at radius 2 is 2.05 bits per heavy atom. The van der Waals surface area contributed by atoms with Crippen LogP contribution >= 0.6 is 0 Å². The molecule has 0 radical (unpaired) electrons. The monoisotopic (exact) mass is 304 g/mol. The number of aliphatic hydroxyl groups excluding tert-OH is 1. The van der Waals surface area contributed by atoms with E-state index in [2.05, 4.69) is 48.7 Å². The number of urea groups is 1. The number of hydrogen-bond donors (Lipinski definition) is 3.